The van der Waals surface area contributed by atoms with E-state index in [4.69, 9.17) is 0 Å². The van der Waals surface area contributed by atoms with Gasteiger partial charge < -0.3 is 10.2 Å². The highest BCUT2D eigenvalue weighted by Crippen LogP contribution is 2.15. The summed E-state index contributed by atoms with van der Waals surface area (Å²) in [4.78, 5) is 6.85. The van der Waals surface area contributed by atoms with Crippen molar-refractivity contribution in [2.75, 3.05) is 19.6 Å². The molecular formula is C17H25N3. The average molecular weight is 271 g/mol. The molecule has 0 aliphatic heterocycles. The summed E-state index contributed by atoms with van der Waals surface area (Å²) in [5.41, 5.74) is 2.39. The largest absolute Gasteiger partial charge is 0.309 e. The second-order valence-electron chi connectivity index (χ2n) is 5.26. The van der Waals surface area contributed by atoms with Crippen LogP contribution in [0.4, 0.5) is 0 Å². The second-order valence-corrected chi connectivity index (χ2v) is 5.26. The molecule has 108 valence electrons. The number of hydrogen-bond donors (Lipinski definition) is 1. The van der Waals surface area contributed by atoms with Gasteiger partial charge in [-0.2, -0.15) is 0 Å². The number of nitrogens with one attached hydrogen (secondary N) is 1. The molecule has 3 heteroatoms. The van der Waals surface area contributed by atoms with E-state index < -0.39 is 0 Å². The summed E-state index contributed by atoms with van der Waals surface area (Å²) in [6.07, 6.45) is 1.90. The van der Waals surface area contributed by atoms with Crippen LogP contribution in [0.15, 0.2) is 36.5 Å². The zero-order chi connectivity index (χ0) is 14.4. The number of fused-ring (bicyclic) bond motifs is 1. The summed E-state index contributed by atoms with van der Waals surface area (Å²) in [5.74, 6) is 0. The fourth-order valence-corrected chi connectivity index (χ4v) is 2.53. The third kappa shape index (κ3) is 3.78. The minimum atomic E-state index is 0.488. The van der Waals surface area contributed by atoms with Gasteiger partial charge in [-0.3, -0.25) is 4.98 Å². The zero-order valence-corrected chi connectivity index (χ0v) is 12.8. The summed E-state index contributed by atoms with van der Waals surface area (Å²) in [7, 11) is 0. The minimum Gasteiger partial charge on any atom is -0.309 e. The SMILES string of the molecule is CCN(CC)CC(C)NCc1ccnc2ccccc12. The van der Waals surface area contributed by atoms with Crippen LogP contribution in [0.2, 0.25) is 0 Å². The number of likely N-dealkylation sites (N-methyl/N-ethyl adjacent to an activating group) is 1. The first-order valence-electron chi connectivity index (χ1n) is 7.53. The first-order chi connectivity index (χ1) is 9.74. The predicted molar refractivity (Wildman–Crippen MR) is 85.8 cm³/mol. The van der Waals surface area contributed by atoms with Crippen molar-refractivity contribution in [3.05, 3.63) is 42.1 Å². The highest BCUT2D eigenvalue weighted by Gasteiger charge is 2.07. The van der Waals surface area contributed by atoms with Crippen molar-refractivity contribution < 1.29 is 0 Å². The Labute approximate surface area is 122 Å². The smallest absolute Gasteiger partial charge is 0.0705 e. The molecule has 1 atom stereocenters. The van der Waals surface area contributed by atoms with Crippen LogP contribution < -0.4 is 5.32 Å². The molecule has 2 rings (SSSR count). The third-order valence-corrected chi connectivity index (χ3v) is 3.81. The van der Waals surface area contributed by atoms with E-state index in [2.05, 4.69) is 60.2 Å². The molecule has 20 heavy (non-hydrogen) atoms. The number of aromatic nitrogens is 1. The van der Waals surface area contributed by atoms with Crippen LogP contribution in [0.3, 0.4) is 0 Å². The molecule has 0 aliphatic rings. The van der Waals surface area contributed by atoms with E-state index >= 15 is 0 Å². The lowest BCUT2D eigenvalue weighted by Crippen LogP contribution is -2.38. The molecular weight excluding hydrogens is 246 g/mol. The van der Waals surface area contributed by atoms with Gasteiger partial charge in [0.2, 0.25) is 0 Å². The van der Waals surface area contributed by atoms with Crippen LogP contribution in [0.5, 0.6) is 0 Å². The van der Waals surface area contributed by atoms with E-state index in [1.54, 1.807) is 0 Å². The van der Waals surface area contributed by atoms with Gasteiger partial charge in [-0.15, -0.1) is 0 Å². The van der Waals surface area contributed by atoms with Crippen LogP contribution in [0.1, 0.15) is 26.3 Å². The third-order valence-electron chi connectivity index (χ3n) is 3.81. The summed E-state index contributed by atoms with van der Waals surface area (Å²) in [6.45, 7) is 10.9. The first-order valence-corrected chi connectivity index (χ1v) is 7.53. The molecule has 1 N–H and O–H groups in total. The Kier molecular flexibility index (Phi) is 5.50. The molecule has 3 nitrogen and oxygen atoms in total. The van der Waals surface area contributed by atoms with Crippen molar-refractivity contribution in [3.63, 3.8) is 0 Å². The van der Waals surface area contributed by atoms with Gasteiger partial charge in [-0.1, -0.05) is 32.0 Å². The molecule has 0 amide bonds. The van der Waals surface area contributed by atoms with E-state index in [9.17, 15) is 0 Å². The Morgan fingerprint density at radius 2 is 1.90 bits per heavy atom. The van der Waals surface area contributed by atoms with Crippen LogP contribution in [0, 0.1) is 0 Å². The van der Waals surface area contributed by atoms with Crippen LogP contribution in [-0.2, 0) is 6.54 Å². The Hall–Kier alpha value is -1.45. The Bertz CT molecular complexity index is 529. The molecule has 1 unspecified atom stereocenters. The molecule has 1 heterocycles. The van der Waals surface area contributed by atoms with E-state index in [-0.39, 0.29) is 0 Å². The zero-order valence-electron chi connectivity index (χ0n) is 12.8. The number of para-hydroxylation sites is 1. The monoisotopic (exact) mass is 271 g/mol. The minimum absolute atomic E-state index is 0.488. The lowest BCUT2D eigenvalue weighted by Gasteiger charge is -2.23. The van der Waals surface area contributed by atoms with Crippen molar-refractivity contribution >= 4 is 10.9 Å². The van der Waals surface area contributed by atoms with E-state index in [0.717, 1.165) is 31.7 Å². The van der Waals surface area contributed by atoms with Gasteiger partial charge in [0, 0.05) is 30.7 Å². The molecule has 0 bridgehead atoms. The Morgan fingerprint density at radius 3 is 2.65 bits per heavy atom. The number of pyridine rings is 1. The fourth-order valence-electron chi connectivity index (χ4n) is 2.53. The molecule has 0 radical (unpaired) electrons. The maximum atomic E-state index is 4.41. The lowest BCUT2D eigenvalue weighted by molar-refractivity contribution is 0.271. The summed E-state index contributed by atoms with van der Waals surface area (Å²) in [5, 5.41) is 4.87. The van der Waals surface area contributed by atoms with Crippen molar-refractivity contribution in [1.29, 1.82) is 0 Å². The molecule has 0 spiro atoms. The van der Waals surface area contributed by atoms with Crippen molar-refractivity contribution in [1.82, 2.24) is 15.2 Å². The highest BCUT2D eigenvalue weighted by atomic mass is 15.1. The van der Waals surface area contributed by atoms with Crippen LogP contribution >= 0.6 is 0 Å². The maximum Gasteiger partial charge on any atom is 0.0705 e. The predicted octanol–water partition coefficient (Wildman–Crippen LogP) is 3.05. The highest BCUT2D eigenvalue weighted by molar-refractivity contribution is 5.81. The van der Waals surface area contributed by atoms with Gasteiger partial charge in [0.15, 0.2) is 0 Å². The molecule has 1 aromatic heterocycles. The van der Waals surface area contributed by atoms with Crippen molar-refractivity contribution in [2.45, 2.75) is 33.4 Å². The van der Waals surface area contributed by atoms with Gasteiger partial charge in [-0.25, -0.2) is 0 Å². The van der Waals surface area contributed by atoms with Gasteiger partial charge in [-0.05, 0) is 37.7 Å². The Morgan fingerprint density at radius 1 is 1.15 bits per heavy atom. The number of benzene rings is 1. The van der Waals surface area contributed by atoms with E-state index in [1.165, 1.54) is 10.9 Å². The molecule has 1 aromatic carbocycles. The normalized spacial score (nSPS) is 13.0. The molecule has 0 fully saturated rings. The standard InChI is InChI=1S/C17H25N3/c1-4-20(5-2)13-14(3)19-12-15-10-11-18-17-9-7-6-8-16(15)17/h6-11,14,19H,4-5,12-13H2,1-3H3. The lowest BCUT2D eigenvalue weighted by atomic mass is 10.1. The van der Waals surface area contributed by atoms with Gasteiger partial charge in [0.25, 0.3) is 0 Å². The number of hydrogen-bond acceptors (Lipinski definition) is 3. The first kappa shape index (κ1) is 14.9. The summed E-state index contributed by atoms with van der Waals surface area (Å²) < 4.78 is 0. The number of rotatable bonds is 7. The van der Waals surface area contributed by atoms with Crippen molar-refractivity contribution in [2.24, 2.45) is 0 Å². The molecule has 2 aromatic rings. The quantitative estimate of drug-likeness (QED) is 0.839. The summed E-state index contributed by atoms with van der Waals surface area (Å²) in [6, 6.07) is 10.9. The van der Waals surface area contributed by atoms with Crippen LogP contribution in [-0.4, -0.2) is 35.6 Å². The number of nitrogens with zero attached hydrogens (tertiary/aromatic N) is 2. The summed E-state index contributed by atoms with van der Waals surface area (Å²) >= 11 is 0. The van der Waals surface area contributed by atoms with E-state index in [0.29, 0.717) is 6.04 Å². The second kappa shape index (κ2) is 7.36. The molecule has 0 saturated heterocycles. The van der Waals surface area contributed by atoms with Crippen LogP contribution in [0.25, 0.3) is 10.9 Å². The van der Waals surface area contributed by atoms with Gasteiger partial charge >= 0.3 is 0 Å². The topological polar surface area (TPSA) is 28.2 Å². The van der Waals surface area contributed by atoms with Crippen molar-refractivity contribution in [3.8, 4) is 0 Å². The van der Waals surface area contributed by atoms with Gasteiger partial charge in [0.05, 0.1) is 5.52 Å². The van der Waals surface area contributed by atoms with E-state index in [1.807, 2.05) is 12.3 Å². The molecule has 0 saturated carbocycles. The average Bonchev–Trinajstić information content (AvgIpc) is 2.50. The van der Waals surface area contributed by atoms with Gasteiger partial charge in [0.1, 0.15) is 0 Å². The molecule has 0 aliphatic carbocycles. The Balaban J connectivity index is 1.99. The fraction of sp³-hybridized carbons (Fsp3) is 0.471. The maximum absolute atomic E-state index is 4.41.